The molecule has 0 aliphatic carbocycles. The van der Waals surface area contributed by atoms with Gasteiger partial charge in [-0.25, -0.2) is 4.98 Å². The monoisotopic (exact) mass is 197 g/mol. The number of aryl methyl sites for hydroxylation is 3. The third-order valence-electron chi connectivity index (χ3n) is 1.94. The van der Waals surface area contributed by atoms with Gasteiger partial charge in [0.05, 0.1) is 10.7 Å². The molecule has 0 saturated heterocycles. The Labute approximate surface area is 83.0 Å². The van der Waals surface area contributed by atoms with E-state index in [2.05, 4.69) is 11.9 Å². The average molecular weight is 197 g/mol. The number of ketones is 1. The van der Waals surface area contributed by atoms with Crippen molar-refractivity contribution >= 4 is 17.1 Å². The van der Waals surface area contributed by atoms with Crippen LogP contribution in [-0.2, 0) is 17.6 Å². The molecule has 1 aromatic heterocycles. The Kier molecular flexibility index (Phi) is 3.60. The van der Waals surface area contributed by atoms with Crippen LogP contribution in [0.5, 0.6) is 0 Å². The Hall–Kier alpha value is -0.700. The Bertz CT molecular complexity index is 304. The molecule has 0 aliphatic heterocycles. The molecule has 0 atom stereocenters. The van der Waals surface area contributed by atoms with Crippen molar-refractivity contribution in [3.8, 4) is 0 Å². The molecule has 72 valence electrons. The van der Waals surface area contributed by atoms with E-state index in [-0.39, 0.29) is 5.78 Å². The lowest BCUT2D eigenvalue weighted by atomic mass is 10.2. The predicted molar refractivity (Wildman–Crippen MR) is 55.2 cm³/mol. The maximum absolute atomic E-state index is 10.8. The topological polar surface area (TPSA) is 30.0 Å². The number of nitrogens with zero attached hydrogens (tertiary/aromatic N) is 1. The largest absolute Gasteiger partial charge is 0.300 e. The second kappa shape index (κ2) is 4.51. The van der Waals surface area contributed by atoms with E-state index in [1.807, 2.05) is 6.92 Å². The summed E-state index contributed by atoms with van der Waals surface area (Å²) in [4.78, 5) is 16.5. The summed E-state index contributed by atoms with van der Waals surface area (Å²) < 4.78 is 0. The SMILES string of the molecule is CCc1nc(C)c(CCC(C)=O)s1. The van der Waals surface area contributed by atoms with Gasteiger partial charge in [-0.15, -0.1) is 11.3 Å². The highest BCUT2D eigenvalue weighted by atomic mass is 32.1. The molecule has 0 aliphatic rings. The number of hydrogen-bond donors (Lipinski definition) is 0. The smallest absolute Gasteiger partial charge is 0.130 e. The van der Waals surface area contributed by atoms with Crippen LogP contribution >= 0.6 is 11.3 Å². The lowest BCUT2D eigenvalue weighted by molar-refractivity contribution is -0.116. The zero-order valence-electron chi connectivity index (χ0n) is 8.39. The van der Waals surface area contributed by atoms with Crippen LogP contribution in [0.25, 0.3) is 0 Å². The fourth-order valence-corrected chi connectivity index (χ4v) is 2.17. The molecule has 2 nitrogen and oxygen atoms in total. The van der Waals surface area contributed by atoms with Gasteiger partial charge in [0.2, 0.25) is 0 Å². The van der Waals surface area contributed by atoms with Gasteiger partial charge in [0, 0.05) is 11.3 Å². The maximum atomic E-state index is 10.8. The van der Waals surface area contributed by atoms with Gasteiger partial charge in [-0.1, -0.05) is 6.92 Å². The van der Waals surface area contributed by atoms with Gasteiger partial charge in [-0.05, 0) is 26.7 Å². The zero-order valence-corrected chi connectivity index (χ0v) is 9.20. The fraction of sp³-hybridized carbons (Fsp3) is 0.600. The first-order valence-corrected chi connectivity index (χ1v) is 5.39. The minimum Gasteiger partial charge on any atom is -0.300 e. The van der Waals surface area contributed by atoms with Crippen LogP contribution in [-0.4, -0.2) is 10.8 Å². The minimum absolute atomic E-state index is 0.255. The Balaban J connectivity index is 2.65. The summed E-state index contributed by atoms with van der Waals surface area (Å²) >= 11 is 1.74. The van der Waals surface area contributed by atoms with Crippen molar-refractivity contribution < 1.29 is 4.79 Å². The molecule has 0 N–H and O–H groups in total. The molecule has 13 heavy (non-hydrogen) atoms. The second-order valence-electron chi connectivity index (χ2n) is 3.17. The van der Waals surface area contributed by atoms with Gasteiger partial charge < -0.3 is 4.79 Å². The molecule has 0 fully saturated rings. The van der Waals surface area contributed by atoms with Crippen molar-refractivity contribution in [2.45, 2.75) is 40.0 Å². The first kappa shape index (κ1) is 10.4. The molecule has 0 radical (unpaired) electrons. The van der Waals surface area contributed by atoms with Crippen LogP contribution in [0, 0.1) is 6.92 Å². The molecule has 0 unspecified atom stereocenters. The summed E-state index contributed by atoms with van der Waals surface area (Å²) in [5.74, 6) is 0.255. The van der Waals surface area contributed by atoms with Gasteiger partial charge in [0.1, 0.15) is 5.78 Å². The van der Waals surface area contributed by atoms with Crippen molar-refractivity contribution in [2.75, 3.05) is 0 Å². The van der Waals surface area contributed by atoms with E-state index < -0.39 is 0 Å². The Morgan fingerprint density at radius 2 is 2.23 bits per heavy atom. The van der Waals surface area contributed by atoms with Gasteiger partial charge in [-0.3, -0.25) is 0 Å². The molecular formula is C10H15NOS. The first-order valence-electron chi connectivity index (χ1n) is 4.58. The van der Waals surface area contributed by atoms with Crippen LogP contribution in [0.2, 0.25) is 0 Å². The zero-order chi connectivity index (χ0) is 9.84. The van der Waals surface area contributed by atoms with Gasteiger partial charge in [0.25, 0.3) is 0 Å². The van der Waals surface area contributed by atoms with Crippen LogP contribution in [0.3, 0.4) is 0 Å². The minimum atomic E-state index is 0.255. The molecular weight excluding hydrogens is 182 g/mol. The van der Waals surface area contributed by atoms with E-state index in [4.69, 9.17) is 0 Å². The number of hydrogen-bond acceptors (Lipinski definition) is 3. The van der Waals surface area contributed by atoms with Crippen molar-refractivity contribution in [1.29, 1.82) is 0 Å². The average Bonchev–Trinajstić information content (AvgIpc) is 2.43. The second-order valence-corrected chi connectivity index (χ2v) is 4.34. The lowest BCUT2D eigenvalue weighted by Crippen LogP contribution is -1.93. The molecule has 0 amide bonds. The van der Waals surface area contributed by atoms with Crippen LogP contribution in [0.1, 0.15) is 35.8 Å². The first-order chi connectivity index (χ1) is 6.13. The summed E-state index contributed by atoms with van der Waals surface area (Å²) in [7, 11) is 0. The van der Waals surface area contributed by atoms with E-state index in [0.29, 0.717) is 6.42 Å². The summed E-state index contributed by atoms with van der Waals surface area (Å²) in [5.41, 5.74) is 1.10. The quantitative estimate of drug-likeness (QED) is 0.742. The number of rotatable bonds is 4. The molecule has 1 heterocycles. The normalized spacial score (nSPS) is 10.4. The Morgan fingerprint density at radius 1 is 1.54 bits per heavy atom. The summed E-state index contributed by atoms with van der Waals surface area (Å²) in [6.07, 6.45) is 2.50. The molecule has 0 spiro atoms. The summed E-state index contributed by atoms with van der Waals surface area (Å²) in [6.45, 7) is 5.76. The van der Waals surface area contributed by atoms with Crippen molar-refractivity contribution in [3.63, 3.8) is 0 Å². The number of carbonyl (C=O) groups excluding carboxylic acids is 1. The number of aromatic nitrogens is 1. The number of Topliss-reactive ketones (excluding diaryl/α,β-unsaturated/α-hetero) is 1. The van der Waals surface area contributed by atoms with Gasteiger partial charge in [0.15, 0.2) is 0 Å². The van der Waals surface area contributed by atoms with Crippen molar-refractivity contribution in [3.05, 3.63) is 15.6 Å². The van der Waals surface area contributed by atoms with E-state index in [1.54, 1.807) is 18.3 Å². The molecule has 1 rings (SSSR count). The van der Waals surface area contributed by atoms with Crippen molar-refractivity contribution in [2.24, 2.45) is 0 Å². The van der Waals surface area contributed by atoms with E-state index in [9.17, 15) is 4.79 Å². The third kappa shape index (κ3) is 2.92. The van der Waals surface area contributed by atoms with Gasteiger partial charge >= 0.3 is 0 Å². The molecule has 0 saturated carbocycles. The van der Waals surface area contributed by atoms with Gasteiger partial charge in [-0.2, -0.15) is 0 Å². The standard InChI is InChI=1S/C10H15NOS/c1-4-10-11-8(3)9(13-10)6-5-7(2)12/h4-6H2,1-3H3. The third-order valence-corrected chi connectivity index (χ3v) is 3.31. The van der Waals surface area contributed by atoms with Crippen LogP contribution in [0.15, 0.2) is 0 Å². The highest BCUT2D eigenvalue weighted by Gasteiger charge is 2.06. The van der Waals surface area contributed by atoms with E-state index in [1.165, 1.54) is 9.88 Å². The molecule has 3 heteroatoms. The Morgan fingerprint density at radius 3 is 2.69 bits per heavy atom. The number of carbonyl (C=O) groups is 1. The maximum Gasteiger partial charge on any atom is 0.130 e. The van der Waals surface area contributed by atoms with E-state index >= 15 is 0 Å². The highest BCUT2D eigenvalue weighted by molar-refractivity contribution is 7.11. The van der Waals surface area contributed by atoms with E-state index in [0.717, 1.165) is 18.5 Å². The van der Waals surface area contributed by atoms with Crippen LogP contribution in [0.4, 0.5) is 0 Å². The summed E-state index contributed by atoms with van der Waals surface area (Å²) in [6, 6.07) is 0. The van der Waals surface area contributed by atoms with Crippen molar-refractivity contribution in [1.82, 2.24) is 4.98 Å². The predicted octanol–water partition coefficient (Wildman–Crippen LogP) is 2.54. The molecule has 1 aromatic rings. The summed E-state index contributed by atoms with van der Waals surface area (Å²) in [5, 5.41) is 1.18. The number of thiazole rings is 1. The van der Waals surface area contributed by atoms with Crippen LogP contribution < -0.4 is 0 Å². The highest BCUT2D eigenvalue weighted by Crippen LogP contribution is 2.19. The molecule has 0 bridgehead atoms. The lowest BCUT2D eigenvalue weighted by Gasteiger charge is -1.93. The molecule has 0 aromatic carbocycles. The fourth-order valence-electron chi connectivity index (χ4n) is 1.16.